The summed E-state index contributed by atoms with van der Waals surface area (Å²) in [6, 6.07) is -0.220. The van der Waals surface area contributed by atoms with Crippen molar-refractivity contribution in [2.45, 2.75) is 40.3 Å². The summed E-state index contributed by atoms with van der Waals surface area (Å²) in [4.78, 5) is 13.5. The predicted octanol–water partition coefficient (Wildman–Crippen LogP) is 2.35. The highest BCUT2D eigenvalue weighted by molar-refractivity contribution is 6.31. The molecule has 5 nitrogen and oxygen atoms in total. The number of aliphatic hydroxyl groups excluding tert-OH is 1. The fourth-order valence-corrected chi connectivity index (χ4v) is 2.14. The maximum absolute atomic E-state index is 12.0. The second-order valence-corrected chi connectivity index (χ2v) is 6.04. The average molecular weight is 314 g/mol. The van der Waals surface area contributed by atoms with E-state index < -0.39 is 0 Å². The lowest BCUT2D eigenvalue weighted by Crippen LogP contribution is -2.36. The number of aromatic nitrogens is 2. The van der Waals surface area contributed by atoms with Gasteiger partial charge in [0.1, 0.15) is 5.15 Å². The van der Waals surface area contributed by atoms with Crippen LogP contribution in [0.5, 0.6) is 0 Å². The van der Waals surface area contributed by atoms with Crippen molar-refractivity contribution in [3.05, 3.63) is 22.5 Å². The predicted molar refractivity (Wildman–Crippen MR) is 85.2 cm³/mol. The van der Waals surface area contributed by atoms with Gasteiger partial charge in [0.15, 0.2) is 0 Å². The lowest BCUT2D eigenvalue weighted by Gasteiger charge is -2.21. The minimum absolute atomic E-state index is 0.0673. The van der Waals surface area contributed by atoms with Crippen molar-refractivity contribution >= 4 is 23.6 Å². The topological polar surface area (TPSA) is 58.4 Å². The molecule has 0 saturated carbocycles. The molecular weight excluding hydrogens is 290 g/mol. The molecule has 118 valence electrons. The average Bonchev–Trinajstić information content (AvgIpc) is 2.68. The van der Waals surface area contributed by atoms with E-state index in [1.165, 1.54) is 11.0 Å². The molecule has 1 N–H and O–H groups in total. The van der Waals surface area contributed by atoms with Crippen LogP contribution >= 0.6 is 11.6 Å². The van der Waals surface area contributed by atoms with Crippen LogP contribution in [0.1, 0.15) is 32.0 Å². The number of rotatable bonds is 6. The molecule has 0 saturated heterocycles. The summed E-state index contributed by atoms with van der Waals surface area (Å²) in [6.07, 6.45) is 3.15. The Morgan fingerprint density at radius 3 is 2.62 bits per heavy atom. The standard InChI is InChI=1S/C15H24ClN3O2/c1-10(2)8-19-15(16)13(12(4)17-19)6-7-14(21)18(5)11(3)9-20/h6-7,10-11,20H,8-9H2,1-5H3/b7-6+. The number of aryl methyl sites for hydroxylation is 1. The van der Waals surface area contributed by atoms with E-state index in [4.69, 9.17) is 16.7 Å². The summed E-state index contributed by atoms with van der Waals surface area (Å²) in [5, 5.41) is 14.0. The molecule has 0 spiro atoms. The SMILES string of the molecule is Cc1nn(CC(C)C)c(Cl)c1/C=C/C(=O)N(C)C(C)CO. The Morgan fingerprint density at radius 1 is 1.48 bits per heavy atom. The van der Waals surface area contributed by atoms with Gasteiger partial charge >= 0.3 is 0 Å². The molecule has 0 aliphatic carbocycles. The summed E-state index contributed by atoms with van der Waals surface area (Å²) in [7, 11) is 1.66. The monoisotopic (exact) mass is 313 g/mol. The minimum atomic E-state index is -0.220. The zero-order chi connectivity index (χ0) is 16.2. The van der Waals surface area contributed by atoms with E-state index >= 15 is 0 Å². The van der Waals surface area contributed by atoms with Gasteiger partial charge in [0.2, 0.25) is 5.91 Å². The molecule has 1 aromatic heterocycles. The Hall–Kier alpha value is -1.33. The van der Waals surface area contributed by atoms with E-state index in [-0.39, 0.29) is 18.6 Å². The van der Waals surface area contributed by atoms with E-state index in [0.717, 1.165) is 17.8 Å². The maximum atomic E-state index is 12.0. The first-order valence-corrected chi connectivity index (χ1v) is 7.44. The summed E-state index contributed by atoms with van der Waals surface area (Å²) in [6.45, 7) is 8.51. The molecule has 1 aromatic rings. The van der Waals surface area contributed by atoms with E-state index in [9.17, 15) is 4.79 Å². The van der Waals surface area contributed by atoms with Gasteiger partial charge in [0, 0.05) is 25.2 Å². The normalized spacial score (nSPS) is 13.1. The summed E-state index contributed by atoms with van der Waals surface area (Å²) in [5.41, 5.74) is 1.55. The molecule has 1 unspecified atom stereocenters. The number of hydrogen-bond acceptors (Lipinski definition) is 3. The van der Waals surface area contributed by atoms with Crippen molar-refractivity contribution in [3.8, 4) is 0 Å². The molecule has 0 aromatic carbocycles. The first-order valence-electron chi connectivity index (χ1n) is 7.06. The highest BCUT2D eigenvalue weighted by atomic mass is 35.5. The maximum Gasteiger partial charge on any atom is 0.246 e. The van der Waals surface area contributed by atoms with Crippen LogP contribution in [0.25, 0.3) is 6.08 Å². The number of aliphatic hydroxyl groups is 1. The molecule has 0 radical (unpaired) electrons. The van der Waals surface area contributed by atoms with Gasteiger partial charge in [0.25, 0.3) is 0 Å². The van der Waals surface area contributed by atoms with E-state index in [0.29, 0.717) is 11.1 Å². The molecule has 0 bridgehead atoms. The Bertz CT molecular complexity index is 523. The molecular formula is C15H24ClN3O2. The van der Waals surface area contributed by atoms with Crippen LogP contribution in [-0.2, 0) is 11.3 Å². The third-order valence-electron chi connectivity index (χ3n) is 3.31. The number of halogens is 1. The molecule has 1 amide bonds. The van der Waals surface area contributed by atoms with Crippen LogP contribution in [0.3, 0.4) is 0 Å². The van der Waals surface area contributed by atoms with Crippen molar-refractivity contribution in [1.29, 1.82) is 0 Å². The number of hydrogen-bond donors (Lipinski definition) is 1. The van der Waals surface area contributed by atoms with Crippen LogP contribution < -0.4 is 0 Å². The van der Waals surface area contributed by atoms with Crippen LogP contribution in [0.2, 0.25) is 5.15 Å². The summed E-state index contributed by atoms with van der Waals surface area (Å²) >= 11 is 6.31. The highest BCUT2D eigenvalue weighted by Crippen LogP contribution is 2.22. The number of carbonyl (C=O) groups excluding carboxylic acids is 1. The zero-order valence-electron chi connectivity index (χ0n) is 13.3. The van der Waals surface area contributed by atoms with Crippen LogP contribution in [0.4, 0.5) is 0 Å². The van der Waals surface area contributed by atoms with Crippen molar-refractivity contribution < 1.29 is 9.90 Å². The zero-order valence-corrected chi connectivity index (χ0v) is 14.1. The summed E-state index contributed by atoms with van der Waals surface area (Å²) in [5.74, 6) is 0.264. The largest absolute Gasteiger partial charge is 0.394 e. The van der Waals surface area contributed by atoms with Gasteiger partial charge in [-0.1, -0.05) is 25.4 Å². The van der Waals surface area contributed by atoms with Gasteiger partial charge in [-0.2, -0.15) is 5.10 Å². The quantitative estimate of drug-likeness (QED) is 0.820. The third-order valence-corrected chi connectivity index (χ3v) is 3.71. The van der Waals surface area contributed by atoms with Crippen LogP contribution in [0.15, 0.2) is 6.08 Å². The molecule has 6 heteroatoms. The van der Waals surface area contributed by atoms with Gasteiger partial charge in [-0.25, -0.2) is 0 Å². The number of nitrogens with zero attached hydrogens (tertiary/aromatic N) is 3. The number of likely N-dealkylation sites (N-methyl/N-ethyl adjacent to an activating group) is 1. The second-order valence-electron chi connectivity index (χ2n) is 5.68. The Balaban J connectivity index is 2.90. The smallest absolute Gasteiger partial charge is 0.246 e. The molecule has 0 aliphatic heterocycles. The Labute approximate surface area is 131 Å². The highest BCUT2D eigenvalue weighted by Gasteiger charge is 2.14. The van der Waals surface area contributed by atoms with Gasteiger partial charge in [-0.15, -0.1) is 0 Å². The molecule has 0 aliphatic rings. The van der Waals surface area contributed by atoms with E-state index in [1.807, 2.05) is 6.92 Å². The van der Waals surface area contributed by atoms with Crippen molar-refractivity contribution in [1.82, 2.24) is 14.7 Å². The lowest BCUT2D eigenvalue weighted by molar-refractivity contribution is -0.127. The van der Waals surface area contributed by atoms with Crippen molar-refractivity contribution in [3.63, 3.8) is 0 Å². The number of amides is 1. The molecule has 0 fully saturated rings. The van der Waals surface area contributed by atoms with Gasteiger partial charge < -0.3 is 10.0 Å². The Morgan fingerprint density at radius 2 is 2.10 bits per heavy atom. The molecule has 1 atom stereocenters. The fraction of sp³-hybridized carbons (Fsp3) is 0.600. The van der Waals surface area contributed by atoms with Gasteiger partial charge in [-0.3, -0.25) is 9.48 Å². The van der Waals surface area contributed by atoms with Gasteiger partial charge in [0.05, 0.1) is 18.3 Å². The van der Waals surface area contributed by atoms with E-state index in [2.05, 4.69) is 18.9 Å². The second kappa shape index (κ2) is 7.61. The van der Waals surface area contributed by atoms with E-state index in [1.54, 1.807) is 24.7 Å². The molecule has 21 heavy (non-hydrogen) atoms. The third kappa shape index (κ3) is 4.58. The van der Waals surface area contributed by atoms with Crippen molar-refractivity contribution in [2.75, 3.05) is 13.7 Å². The van der Waals surface area contributed by atoms with Crippen LogP contribution in [0, 0.1) is 12.8 Å². The van der Waals surface area contributed by atoms with Crippen molar-refractivity contribution in [2.24, 2.45) is 5.92 Å². The first-order chi connectivity index (χ1) is 9.77. The van der Waals surface area contributed by atoms with Gasteiger partial charge in [-0.05, 0) is 25.8 Å². The fourth-order valence-electron chi connectivity index (χ4n) is 1.84. The first kappa shape index (κ1) is 17.7. The lowest BCUT2D eigenvalue weighted by atomic mass is 10.2. The summed E-state index contributed by atoms with van der Waals surface area (Å²) < 4.78 is 1.76. The molecule has 1 heterocycles. The molecule has 1 rings (SSSR count). The minimum Gasteiger partial charge on any atom is -0.394 e. The Kier molecular flexibility index (Phi) is 6.42. The van der Waals surface area contributed by atoms with Crippen LogP contribution in [-0.4, -0.2) is 45.4 Å². The number of carbonyl (C=O) groups is 1.